The lowest BCUT2D eigenvalue weighted by atomic mass is 9.85. The first kappa shape index (κ1) is 18.2. The summed E-state index contributed by atoms with van der Waals surface area (Å²) in [6.07, 6.45) is 4.89. The molecule has 1 aliphatic rings. The third-order valence-corrected chi connectivity index (χ3v) is 5.05. The molecule has 28 heavy (non-hydrogen) atoms. The highest BCUT2D eigenvalue weighted by Gasteiger charge is 2.23. The lowest BCUT2D eigenvalue weighted by Gasteiger charge is -2.25. The molecule has 8 nitrogen and oxygen atoms in total. The van der Waals surface area contributed by atoms with Crippen molar-refractivity contribution in [3.05, 3.63) is 34.6 Å². The van der Waals surface area contributed by atoms with Crippen molar-refractivity contribution in [3.63, 3.8) is 0 Å². The number of nitrogens with one attached hydrogen (secondary N) is 2. The Bertz CT molecular complexity index is 1050. The second-order valence-corrected chi connectivity index (χ2v) is 7.05. The van der Waals surface area contributed by atoms with Crippen molar-refractivity contribution in [2.45, 2.75) is 39.2 Å². The Hall–Kier alpha value is -3.16. The van der Waals surface area contributed by atoms with Crippen molar-refractivity contribution in [3.8, 4) is 17.1 Å². The third-order valence-electron chi connectivity index (χ3n) is 5.05. The van der Waals surface area contributed by atoms with Crippen LogP contribution < -0.4 is 15.6 Å². The van der Waals surface area contributed by atoms with Gasteiger partial charge in [-0.05, 0) is 37.3 Å². The second-order valence-electron chi connectivity index (χ2n) is 7.05. The number of para-hydroxylation sites is 1. The van der Waals surface area contributed by atoms with Gasteiger partial charge in [0.1, 0.15) is 17.1 Å². The molecule has 1 aromatic carbocycles. The maximum absolute atomic E-state index is 12.9. The van der Waals surface area contributed by atoms with Gasteiger partial charge in [0, 0.05) is 6.54 Å². The minimum atomic E-state index is -0.281. The summed E-state index contributed by atoms with van der Waals surface area (Å²) in [5.41, 5.74) is 1.18. The van der Waals surface area contributed by atoms with Crippen molar-refractivity contribution in [1.82, 2.24) is 19.7 Å². The normalized spacial score (nSPS) is 14.0. The van der Waals surface area contributed by atoms with Gasteiger partial charge in [-0.2, -0.15) is 5.10 Å². The summed E-state index contributed by atoms with van der Waals surface area (Å²) in [4.78, 5) is 31.4. The van der Waals surface area contributed by atoms with Gasteiger partial charge in [0.25, 0.3) is 5.56 Å². The largest absolute Gasteiger partial charge is 0.493 e. The molecule has 2 N–H and O–H groups in total. The summed E-state index contributed by atoms with van der Waals surface area (Å²) < 4.78 is 7.46. The van der Waals surface area contributed by atoms with Crippen molar-refractivity contribution in [2.75, 3.05) is 11.9 Å². The van der Waals surface area contributed by atoms with Crippen molar-refractivity contribution in [2.24, 2.45) is 5.92 Å². The topological polar surface area (TPSA) is 102 Å². The van der Waals surface area contributed by atoms with E-state index in [-0.39, 0.29) is 5.56 Å². The Morgan fingerprint density at radius 3 is 2.89 bits per heavy atom. The highest BCUT2D eigenvalue weighted by Crippen LogP contribution is 2.31. The zero-order valence-electron chi connectivity index (χ0n) is 15.8. The standard InChI is InChI=1S/C20H23N5O3/c1-2-10-28-15-9-4-3-8-14(15)18-22-16-17(20(27)23-18)25(11-13-6-5-7-13)24-19(16)21-12-26/h3-4,8-9,12-13H,2,5-7,10-11H2,1H3,(H,21,24,26)(H,22,23,27). The van der Waals surface area contributed by atoms with Crippen LogP contribution in [0, 0.1) is 5.92 Å². The minimum absolute atomic E-state index is 0.281. The van der Waals surface area contributed by atoms with E-state index in [1.54, 1.807) is 4.68 Å². The van der Waals surface area contributed by atoms with E-state index in [9.17, 15) is 9.59 Å². The van der Waals surface area contributed by atoms with Gasteiger partial charge in [-0.25, -0.2) is 4.98 Å². The van der Waals surface area contributed by atoms with E-state index in [0.717, 1.165) is 19.3 Å². The summed E-state index contributed by atoms with van der Waals surface area (Å²) in [7, 11) is 0. The highest BCUT2D eigenvalue weighted by molar-refractivity contribution is 5.91. The number of aromatic nitrogens is 4. The number of benzene rings is 1. The summed E-state index contributed by atoms with van der Waals surface area (Å²) in [6.45, 7) is 3.25. The van der Waals surface area contributed by atoms with E-state index >= 15 is 0 Å². The van der Waals surface area contributed by atoms with E-state index in [2.05, 4.69) is 20.4 Å². The summed E-state index contributed by atoms with van der Waals surface area (Å²) in [5.74, 6) is 1.85. The first-order chi connectivity index (χ1) is 13.7. The lowest BCUT2D eigenvalue weighted by Crippen LogP contribution is -2.21. The molecule has 1 fully saturated rings. The fourth-order valence-corrected chi connectivity index (χ4v) is 3.42. The Balaban J connectivity index is 1.83. The third kappa shape index (κ3) is 3.37. The number of nitrogens with zero attached hydrogens (tertiary/aromatic N) is 3. The Kier molecular flexibility index (Phi) is 5.10. The molecule has 4 rings (SSSR count). The van der Waals surface area contributed by atoms with E-state index in [1.165, 1.54) is 6.42 Å². The summed E-state index contributed by atoms with van der Waals surface area (Å²) in [6, 6.07) is 7.44. The van der Waals surface area contributed by atoms with Gasteiger partial charge in [0.2, 0.25) is 6.41 Å². The van der Waals surface area contributed by atoms with Crippen molar-refractivity contribution in [1.29, 1.82) is 0 Å². The first-order valence-corrected chi connectivity index (χ1v) is 9.64. The van der Waals surface area contributed by atoms with E-state index < -0.39 is 0 Å². The number of aromatic amines is 1. The SMILES string of the molecule is CCCOc1ccccc1-c1nc2c(NC=O)nn(CC3CCC3)c2c(=O)[nH]1. The number of rotatable bonds is 8. The fraction of sp³-hybridized carbons (Fsp3) is 0.400. The number of ether oxygens (including phenoxy) is 1. The number of H-pyrrole nitrogens is 1. The number of amides is 1. The molecule has 0 radical (unpaired) electrons. The number of fused-ring (bicyclic) bond motifs is 1. The second kappa shape index (κ2) is 7.84. The minimum Gasteiger partial charge on any atom is -0.493 e. The molecule has 2 heterocycles. The maximum atomic E-state index is 12.9. The average Bonchev–Trinajstić information content (AvgIpc) is 3.01. The molecule has 2 aromatic heterocycles. The van der Waals surface area contributed by atoms with Gasteiger partial charge < -0.3 is 15.0 Å². The van der Waals surface area contributed by atoms with Gasteiger partial charge in [-0.15, -0.1) is 0 Å². The monoisotopic (exact) mass is 381 g/mol. The molecule has 8 heteroatoms. The fourth-order valence-electron chi connectivity index (χ4n) is 3.42. The lowest BCUT2D eigenvalue weighted by molar-refractivity contribution is -0.105. The Labute approximate surface area is 161 Å². The maximum Gasteiger partial charge on any atom is 0.277 e. The van der Waals surface area contributed by atoms with E-state index in [0.29, 0.717) is 59.5 Å². The average molecular weight is 381 g/mol. The van der Waals surface area contributed by atoms with Crippen LogP contribution in [0.1, 0.15) is 32.6 Å². The van der Waals surface area contributed by atoms with Crippen LogP contribution in [0.4, 0.5) is 5.82 Å². The Morgan fingerprint density at radius 1 is 1.36 bits per heavy atom. The van der Waals surface area contributed by atoms with Gasteiger partial charge in [0.05, 0.1) is 12.2 Å². The molecule has 0 unspecified atom stereocenters. The van der Waals surface area contributed by atoms with Gasteiger partial charge in [-0.3, -0.25) is 14.3 Å². The molecule has 0 bridgehead atoms. The predicted molar refractivity (Wildman–Crippen MR) is 106 cm³/mol. The van der Waals surface area contributed by atoms with Gasteiger partial charge in [-0.1, -0.05) is 25.5 Å². The molecule has 0 atom stereocenters. The van der Waals surface area contributed by atoms with Crippen molar-refractivity contribution >= 4 is 23.3 Å². The zero-order valence-corrected chi connectivity index (χ0v) is 15.8. The predicted octanol–water partition coefficient (Wildman–Crippen LogP) is 2.94. The molecule has 3 aromatic rings. The van der Waals surface area contributed by atoms with Gasteiger partial charge >= 0.3 is 0 Å². The molecular formula is C20H23N5O3. The molecule has 1 amide bonds. The van der Waals surface area contributed by atoms with Crippen molar-refractivity contribution < 1.29 is 9.53 Å². The zero-order chi connectivity index (χ0) is 19.5. The highest BCUT2D eigenvalue weighted by atomic mass is 16.5. The number of anilines is 1. The smallest absolute Gasteiger partial charge is 0.277 e. The molecule has 0 spiro atoms. The molecule has 0 saturated heterocycles. The van der Waals surface area contributed by atoms with Crippen LogP contribution in [0.3, 0.4) is 0 Å². The van der Waals surface area contributed by atoms with Crippen LogP contribution in [0.15, 0.2) is 29.1 Å². The quantitative estimate of drug-likeness (QED) is 0.584. The van der Waals surface area contributed by atoms with Crippen LogP contribution in [-0.4, -0.2) is 32.8 Å². The number of carbonyl (C=O) groups is 1. The number of hydrogen-bond donors (Lipinski definition) is 2. The van der Waals surface area contributed by atoms with Gasteiger partial charge in [0.15, 0.2) is 11.3 Å². The molecule has 0 aliphatic heterocycles. The summed E-state index contributed by atoms with van der Waals surface area (Å²) >= 11 is 0. The molecule has 1 aliphatic carbocycles. The van der Waals surface area contributed by atoms with Crippen LogP contribution in [0.2, 0.25) is 0 Å². The first-order valence-electron chi connectivity index (χ1n) is 9.64. The Morgan fingerprint density at radius 2 is 2.18 bits per heavy atom. The van der Waals surface area contributed by atoms with Crippen LogP contribution in [0.5, 0.6) is 5.75 Å². The molecule has 146 valence electrons. The molecular weight excluding hydrogens is 358 g/mol. The van der Waals surface area contributed by atoms with Crippen LogP contribution in [-0.2, 0) is 11.3 Å². The number of hydrogen-bond acceptors (Lipinski definition) is 5. The van der Waals surface area contributed by atoms with Crippen LogP contribution >= 0.6 is 0 Å². The van der Waals surface area contributed by atoms with Crippen LogP contribution in [0.25, 0.3) is 22.4 Å². The molecule has 1 saturated carbocycles. The summed E-state index contributed by atoms with van der Waals surface area (Å²) in [5, 5.41) is 7.01. The van der Waals surface area contributed by atoms with E-state index in [1.807, 2.05) is 31.2 Å². The number of carbonyl (C=O) groups excluding carboxylic acids is 1. The van der Waals surface area contributed by atoms with E-state index in [4.69, 9.17) is 4.74 Å².